The molecule has 1 atom stereocenters. The van der Waals surface area contributed by atoms with Crippen molar-refractivity contribution in [1.29, 1.82) is 0 Å². The highest BCUT2D eigenvalue weighted by Gasteiger charge is 2.16. The van der Waals surface area contributed by atoms with Gasteiger partial charge >= 0.3 is 0 Å². The van der Waals surface area contributed by atoms with Crippen LogP contribution in [-0.2, 0) is 4.79 Å². The van der Waals surface area contributed by atoms with E-state index in [1.807, 2.05) is 37.3 Å². The standard InChI is InChI=1S/C22H36N4O2/c1-2-23-22(26-16-20(17-27)19-11-7-4-8-12-19)25-14-13-24-21(28)15-18-9-5-3-6-10-18/h4,7-8,11-12,18,20,27H,2-3,5-6,9-10,13-17H2,1H3,(H,24,28)(H2,23,25,26). The third kappa shape index (κ3) is 8.30. The number of hydrogen-bond donors (Lipinski definition) is 4. The molecule has 0 heterocycles. The van der Waals surface area contributed by atoms with E-state index in [1.165, 1.54) is 32.1 Å². The van der Waals surface area contributed by atoms with Gasteiger partial charge in [0.15, 0.2) is 5.96 Å². The summed E-state index contributed by atoms with van der Waals surface area (Å²) in [5.74, 6) is 1.40. The maximum atomic E-state index is 12.1. The van der Waals surface area contributed by atoms with Crippen LogP contribution in [0.3, 0.4) is 0 Å². The summed E-state index contributed by atoms with van der Waals surface area (Å²) in [7, 11) is 0. The largest absolute Gasteiger partial charge is 0.396 e. The van der Waals surface area contributed by atoms with Gasteiger partial charge in [0.2, 0.25) is 5.91 Å². The Kier molecular flexibility index (Phi) is 10.4. The van der Waals surface area contributed by atoms with Crippen LogP contribution < -0.4 is 16.0 Å². The van der Waals surface area contributed by atoms with E-state index in [0.29, 0.717) is 37.9 Å². The lowest BCUT2D eigenvalue weighted by Gasteiger charge is -2.21. The van der Waals surface area contributed by atoms with Gasteiger partial charge in [-0.15, -0.1) is 0 Å². The number of rotatable bonds is 10. The Bertz CT molecular complexity index is 585. The molecule has 28 heavy (non-hydrogen) atoms. The Morgan fingerprint density at radius 1 is 1.11 bits per heavy atom. The van der Waals surface area contributed by atoms with Gasteiger partial charge in [-0.3, -0.25) is 9.79 Å². The van der Waals surface area contributed by atoms with Gasteiger partial charge in [-0.1, -0.05) is 49.6 Å². The lowest BCUT2D eigenvalue weighted by atomic mass is 9.87. The fourth-order valence-electron chi connectivity index (χ4n) is 3.65. The second-order valence-electron chi connectivity index (χ2n) is 7.49. The molecular weight excluding hydrogens is 352 g/mol. The molecule has 1 aliphatic carbocycles. The monoisotopic (exact) mass is 388 g/mol. The number of guanidine groups is 1. The number of aliphatic hydroxyl groups is 1. The number of carbonyl (C=O) groups is 1. The maximum absolute atomic E-state index is 12.1. The summed E-state index contributed by atoms with van der Waals surface area (Å²) in [5.41, 5.74) is 1.08. The smallest absolute Gasteiger partial charge is 0.220 e. The highest BCUT2D eigenvalue weighted by Crippen LogP contribution is 2.25. The predicted octanol–water partition coefficient (Wildman–Crippen LogP) is 2.40. The van der Waals surface area contributed by atoms with Gasteiger partial charge in [0.25, 0.3) is 0 Å². The van der Waals surface area contributed by atoms with E-state index in [-0.39, 0.29) is 18.4 Å². The van der Waals surface area contributed by atoms with Crippen LogP contribution in [0.5, 0.6) is 0 Å². The topological polar surface area (TPSA) is 85.8 Å². The van der Waals surface area contributed by atoms with E-state index in [0.717, 1.165) is 12.1 Å². The summed E-state index contributed by atoms with van der Waals surface area (Å²) in [4.78, 5) is 16.7. The number of benzene rings is 1. The molecule has 1 fully saturated rings. The summed E-state index contributed by atoms with van der Waals surface area (Å²) in [5, 5.41) is 19.1. The van der Waals surface area contributed by atoms with Crippen LogP contribution >= 0.6 is 0 Å². The van der Waals surface area contributed by atoms with Gasteiger partial charge in [-0.25, -0.2) is 0 Å². The molecule has 0 spiro atoms. The molecule has 1 aliphatic rings. The second-order valence-corrected chi connectivity index (χ2v) is 7.49. The maximum Gasteiger partial charge on any atom is 0.220 e. The molecular formula is C22H36N4O2. The first-order valence-electron chi connectivity index (χ1n) is 10.7. The number of aliphatic imine (C=N–C) groups is 1. The summed E-state index contributed by atoms with van der Waals surface area (Å²) in [6, 6.07) is 9.94. The summed E-state index contributed by atoms with van der Waals surface area (Å²) in [6.45, 7) is 4.54. The number of nitrogens with one attached hydrogen (secondary N) is 3. The second kappa shape index (κ2) is 13.2. The number of carbonyl (C=O) groups excluding carboxylic acids is 1. The summed E-state index contributed by atoms with van der Waals surface area (Å²) >= 11 is 0. The average Bonchev–Trinajstić information content (AvgIpc) is 2.73. The molecule has 0 bridgehead atoms. The zero-order valence-corrected chi connectivity index (χ0v) is 17.1. The quantitative estimate of drug-likeness (QED) is 0.282. The first-order valence-corrected chi connectivity index (χ1v) is 10.7. The lowest BCUT2D eigenvalue weighted by Crippen LogP contribution is -2.42. The first kappa shape index (κ1) is 22.2. The van der Waals surface area contributed by atoms with Crippen molar-refractivity contribution in [1.82, 2.24) is 16.0 Å². The van der Waals surface area contributed by atoms with Gasteiger partial charge in [0, 0.05) is 32.0 Å². The molecule has 6 heteroatoms. The third-order valence-corrected chi connectivity index (χ3v) is 5.24. The van der Waals surface area contributed by atoms with Crippen molar-refractivity contribution in [3.05, 3.63) is 35.9 Å². The fourth-order valence-corrected chi connectivity index (χ4v) is 3.65. The number of aliphatic hydroxyl groups excluding tert-OH is 1. The van der Waals surface area contributed by atoms with Crippen molar-refractivity contribution in [3.8, 4) is 0 Å². The normalized spacial score (nSPS) is 16.4. The minimum Gasteiger partial charge on any atom is -0.396 e. The Balaban J connectivity index is 1.72. The van der Waals surface area contributed by atoms with Crippen molar-refractivity contribution in [3.63, 3.8) is 0 Å². The van der Waals surface area contributed by atoms with Gasteiger partial charge in [-0.2, -0.15) is 0 Å². The van der Waals surface area contributed by atoms with Crippen molar-refractivity contribution in [2.45, 2.75) is 51.4 Å². The highest BCUT2D eigenvalue weighted by molar-refractivity contribution is 5.80. The molecule has 156 valence electrons. The molecule has 1 aromatic rings. The van der Waals surface area contributed by atoms with Crippen LogP contribution in [0.25, 0.3) is 0 Å². The third-order valence-electron chi connectivity index (χ3n) is 5.24. The fraction of sp³-hybridized carbons (Fsp3) is 0.636. The molecule has 1 unspecified atom stereocenters. The molecule has 1 amide bonds. The summed E-state index contributed by atoms with van der Waals surface area (Å²) < 4.78 is 0. The predicted molar refractivity (Wildman–Crippen MR) is 114 cm³/mol. The van der Waals surface area contributed by atoms with Crippen LogP contribution in [0.15, 0.2) is 35.3 Å². The minimum absolute atomic E-state index is 0.0214. The van der Waals surface area contributed by atoms with Crippen molar-refractivity contribution in [2.24, 2.45) is 10.9 Å². The van der Waals surface area contributed by atoms with Crippen molar-refractivity contribution in [2.75, 3.05) is 32.8 Å². The molecule has 1 saturated carbocycles. The lowest BCUT2D eigenvalue weighted by molar-refractivity contribution is -0.122. The molecule has 6 nitrogen and oxygen atoms in total. The first-order chi connectivity index (χ1) is 13.7. The number of hydrogen-bond acceptors (Lipinski definition) is 3. The van der Waals surface area contributed by atoms with E-state index in [2.05, 4.69) is 20.9 Å². The molecule has 0 saturated heterocycles. The van der Waals surface area contributed by atoms with Crippen LogP contribution in [-0.4, -0.2) is 49.8 Å². The van der Waals surface area contributed by atoms with Gasteiger partial charge in [0.1, 0.15) is 0 Å². The van der Waals surface area contributed by atoms with E-state index in [1.54, 1.807) is 0 Å². The Morgan fingerprint density at radius 2 is 1.82 bits per heavy atom. The Hall–Kier alpha value is -2.08. The van der Waals surface area contributed by atoms with E-state index in [9.17, 15) is 9.90 Å². The number of amides is 1. The Morgan fingerprint density at radius 3 is 2.50 bits per heavy atom. The van der Waals surface area contributed by atoms with Crippen molar-refractivity contribution < 1.29 is 9.90 Å². The molecule has 1 aromatic carbocycles. The van der Waals surface area contributed by atoms with Crippen LogP contribution in [0.1, 0.15) is 56.9 Å². The minimum atomic E-state index is -0.0214. The van der Waals surface area contributed by atoms with Crippen LogP contribution in [0, 0.1) is 5.92 Å². The highest BCUT2D eigenvalue weighted by atomic mass is 16.3. The van der Waals surface area contributed by atoms with Gasteiger partial charge in [0.05, 0.1) is 13.2 Å². The van der Waals surface area contributed by atoms with E-state index < -0.39 is 0 Å². The van der Waals surface area contributed by atoms with Crippen LogP contribution in [0.2, 0.25) is 0 Å². The zero-order valence-electron chi connectivity index (χ0n) is 17.1. The zero-order chi connectivity index (χ0) is 20.0. The molecule has 0 radical (unpaired) electrons. The van der Waals surface area contributed by atoms with Gasteiger partial charge in [-0.05, 0) is 31.2 Å². The Labute approximate surface area is 169 Å². The molecule has 2 rings (SSSR count). The van der Waals surface area contributed by atoms with Crippen LogP contribution in [0.4, 0.5) is 0 Å². The van der Waals surface area contributed by atoms with E-state index >= 15 is 0 Å². The number of nitrogens with zero attached hydrogens (tertiary/aromatic N) is 1. The molecule has 0 aliphatic heterocycles. The molecule has 0 aromatic heterocycles. The van der Waals surface area contributed by atoms with Crippen molar-refractivity contribution >= 4 is 11.9 Å². The SMILES string of the molecule is CCNC(=NCC(CO)c1ccccc1)NCCNC(=O)CC1CCCCC1. The molecule has 4 N–H and O–H groups in total. The summed E-state index contributed by atoms with van der Waals surface area (Å²) in [6.07, 6.45) is 6.88. The average molecular weight is 389 g/mol. The van der Waals surface area contributed by atoms with Gasteiger partial charge < -0.3 is 21.1 Å². The van der Waals surface area contributed by atoms with E-state index in [4.69, 9.17) is 0 Å².